The highest BCUT2D eigenvalue weighted by molar-refractivity contribution is 7.54. The Hall–Kier alpha value is -0.200. The van der Waals surface area contributed by atoms with E-state index >= 15 is 0 Å². The van der Waals surface area contributed by atoms with Gasteiger partial charge < -0.3 is 4.52 Å². The monoisotopic (exact) mass is 364 g/mol. The van der Waals surface area contributed by atoms with Gasteiger partial charge in [0.25, 0.3) is 0 Å². The van der Waals surface area contributed by atoms with Crippen LogP contribution in [-0.4, -0.2) is 24.0 Å². The molecule has 1 unspecified atom stereocenters. The van der Waals surface area contributed by atoms with E-state index in [4.69, 9.17) is 4.52 Å². The first-order valence-corrected chi connectivity index (χ1v) is 9.69. The average molecular weight is 364 g/mol. The first kappa shape index (κ1) is 19.1. The third-order valence-corrected chi connectivity index (χ3v) is 6.93. The van der Waals surface area contributed by atoms with E-state index in [0.29, 0.717) is 25.7 Å². The number of rotatable bonds is 5. The van der Waals surface area contributed by atoms with Gasteiger partial charge in [0, 0.05) is 0 Å². The van der Waals surface area contributed by atoms with Crippen LogP contribution in [0.1, 0.15) is 64.2 Å². The number of alkyl halides is 5. The summed E-state index contributed by atoms with van der Waals surface area (Å²) in [5.41, 5.74) is -0.883. The maximum absolute atomic E-state index is 13.3. The largest absolute Gasteiger partial charge is 0.483 e. The molecular weight excluding hydrogens is 342 g/mol. The molecule has 2 rings (SSSR count). The van der Waals surface area contributed by atoms with Crippen molar-refractivity contribution in [2.24, 2.45) is 0 Å². The predicted molar refractivity (Wildman–Crippen MR) is 74.5 cm³/mol. The molecule has 0 radical (unpaired) electrons. The summed E-state index contributed by atoms with van der Waals surface area (Å²) in [4.78, 5) is 0. The predicted octanol–water partition coefficient (Wildman–Crippen LogP) is 6.03. The van der Waals surface area contributed by atoms with Crippen LogP contribution >= 0.6 is 7.60 Å². The van der Waals surface area contributed by atoms with Crippen LogP contribution in [-0.2, 0) is 13.6 Å². The molecule has 1 atom stereocenters. The van der Waals surface area contributed by atoms with Crippen molar-refractivity contribution in [2.75, 3.05) is 0 Å². The summed E-state index contributed by atoms with van der Waals surface area (Å²) in [7, 11) is -4.55. The normalized spacial score (nSPS) is 25.3. The molecule has 0 N–H and O–H groups in total. The second-order valence-electron chi connectivity index (χ2n) is 6.30. The lowest BCUT2D eigenvalue weighted by Gasteiger charge is -2.35. The molecule has 2 fully saturated rings. The second kappa shape index (κ2) is 7.36. The van der Waals surface area contributed by atoms with Gasteiger partial charge in [0.05, 0.1) is 11.8 Å². The van der Waals surface area contributed by atoms with E-state index in [9.17, 15) is 26.5 Å². The van der Waals surface area contributed by atoms with Gasteiger partial charge in [-0.15, -0.1) is 0 Å². The van der Waals surface area contributed by atoms with E-state index in [0.717, 1.165) is 25.7 Å². The van der Waals surface area contributed by atoms with Crippen LogP contribution in [0.5, 0.6) is 0 Å². The molecule has 23 heavy (non-hydrogen) atoms. The summed E-state index contributed by atoms with van der Waals surface area (Å²) < 4.78 is 86.1. The summed E-state index contributed by atoms with van der Waals surface area (Å²) in [5.74, 6) is 0. The molecule has 0 saturated heterocycles. The third-order valence-electron chi connectivity index (χ3n) is 4.44. The summed E-state index contributed by atoms with van der Waals surface area (Å²) >= 11 is 0. The van der Waals surface area contributed by atoms with Crippen LogP contribution < -0.4 is 0 Å². The molecule has 0 bridgehead atoms. The van der Waals surface area contributed by atoms with E-state index in [1.54, 1.807) is 0 Å². The van der Waals surface area contributed by atoms with Crippen LogP contribution in [0.4, 0.5) is 22.0 Å². The molecule has 0 aromatic carbocycles. The fourth-order valence-electron chi connectivity index (χ4n) is 3.17. The van der Waals surface area contributed by atoms with Gasteiger partial charge >= 0.3 is 19.9 Å². The Morgan fingerprint density at radius 2 is 1.26 bits per heavy atom. The van der Waals surface area contributed by atoms with Gasteiger partial charge in [-0.2, -0.15) is 22.0 Å². The van der Waals surface area contributed by atoms with Gasteiger partial charge in [0.2, 0.25) is 0 Å². The highest BCUT2D eigenvalue weighted by atomic mass is 31.2. The Balaban J connectivity index is 2.17. The Labute approximate surface area is 132 Å². The minimum atomic E-state index is -5.91. The van der Waals surface area contributed by atoms with E-state index < -0.39 is 31.6 Å². The zero-order valence-electron chi connectivity index (χ0n) is 12.8. The average Bonchev–Trinajstić information content (AvgIpc) is 2.47. The van der Waals surface area contributed by atoms with Crippen molar-refractivity contribution in [1.29, 1.82) is 0 Å². The first-order chi connectivity index (χ1) is 10.6. The molecule has 9 heteroatoms. The fourth-order valence-corrected chi connectivity index (χ4v) is 5.58. The molecule has 0 amide bonds. The highest BCUT2D eigenvalue weighted by Gasteiger charge is 2.64. The van der Waals surface area contributed by atoms with Crippen LogP contribution in [0.2, 0.25) is 0 Å². The molecule has 0 spiro atoms. The maximum atomic E-state index is 13.3. The molecule has 2 saturated carbocycles. The van der Waals surface area contributed by atoms with Crippen LogP contribution in [0, 0.1) is 0 Å². The van der Waals surface area contributed by atoms with Crippen LogP contribution in [0.15, 0.2) is 0 Å². The molecule has 2 aliphatic rings. The van der Waals surface area contributed by atoms with Gasteiger partial charge in [0.15, 0.2) is 0 Å². The van der Waals surface area contributed by atoms with Crippen LogP contribution in [0.25, 0.3) is 0 Å². The fraction of sp³-hybridized carbons (Fsp3) is 1.00. The number of hydrogen-bond donors (Lipinski definition) is 0. The maximum Gasteiger partial charge on any atom is 0.483 e. The Bertz CT molecular complexity index is 429. The highest BCUT2D eigenvalue weighted by Crippen LogP contribution is 2.63. The van der Waals surface area contributed by atoms with E-state index in [1.807, 2.05) is 0 Å². The Morgan fingerprint density at radius 1 is 0.783 bits per heavy atom. The molecule has 3 nitrogen and oxygen atoms in total. The van der Waals surface area contributed by atoms with E-state index in [2.05, 4.69) is 4.52 Å². The molecule has 2 aliphatic carbocycles. The van der Waals surface area contributed by atoms with E-state index in [-0.39, 0.29) is 12.8 Å². The molecule has 0 aromatic rings. The lowest BCUT2D eigenvalue weighted by Crippen LogP contribution is -2.40. The third kappa shape index (κ3) is 4.89. The van der Waals surface area contributed by atoms with Crippen molar-refractivity contribution < 1.29 is 35.6 Å². The molecule has 0 aliphatic heterocycles. The summed E-state index contributed by atoms with van der Waals surface area (Å²) in [6.45, 7) is 0. The van der Waals surface area contributed by atoms with Gasteiger partial charge in [-0.25, -0.2) is 4.52 Å². The standard InChI is InChI=1S/C14H22F5O3P/c15-13(16,17)14(18,19)22-23(20,12-9-5-2-6-10-12)21-11-7-3-1-4-8-11/h11-12H,1-10H2. The SMILES string of the molecule is O=P(OC1CCCCC1)(OC(F)(F)C(F)(F)F)C1CCCCC1. The van der Waals surface area contributed by atoms with Gasteiger partial charge in [-0.3, -0.25) is 4.57 Å². The lowest BCUT2D eigenvalue weighted by atomic mass is 9.98. The smallest absolute Gasteiger partial charge is 0.305 e. The van der Waals surface area contributed by atoms with Crippen LogP contribution in [0.3, 0.4) is 0 Å². The Morgan fingerprint density at radius 3 is 1.74 bits per heavy atom. The minimum Gasteiger partial charge on any atom is -0.305 e. The van der Waals surface area contributed by atoms with Crippen molar-refractivity contribution in [1.82, 2.24) is 0 Å². The summed E-state index contributed by atoms with van der Waals surface area (Å²) in [5, 5.41) is 0. The van der Waals surface area contributed by atoms with E-state index in [1.165, 1.54) is 0 Å². The van der Waals surface area contributed by atoms with Crippen molar-refractivity contribution >= 4 is 7.60 Å². The van der Waals surface area contributed by atoms with Gasteiger partial charge in [-0.1, -0.05) is 38.5 Å². The number of halogens is 5. The van der Waals surface area contributed by atoms with Gasteiger partial charge in [0.1, 0.15) is 0 Å². The molecule has 0 aromatic heterocycles. The summed E-state index contributed by atoms with van der Waals surface area (Å²) in [6, 6.07) is 0. The quantitative estimate of drug-likeness (QED) is 0.441. The van der Waals surface area contributed by atoms with Crippen molar-refractivity contribution in [3.05, 3.63) is 0 Å². The van der Waals surface area contributed by atoms with Gasteiger partial charge in [-0.05, 0) is 25.7 Å². The first-order valence-electron chi connectivity index (χ1n) is 8.07. The zero-order chi connectivity index (χ0) is 17.1. The Kier molecular flexibility index (Phi) is 6.12. The van der Waals surface area contributed by atoms with Crippen molar-refractivity contribution in [3.63, 3.8) is 0 Å². The minimum absolute atomic E-state index is 0.290. The topological polar surface area (TPSA) is 35.5 Å². The lowest BCUT2D eigenvalue weighted by molar-refractivity contribution is -0.363. The molecule has 136 valence electrons. The van der Waals surface area contributed by atoms with Crippen molar-refractivity contribution in [2.45, 2.75) is 88.3 Å². The molecular formula is C14H22F5O3P. The number of hydrogen-bond acceptors (Lipinski definition) is 3. The second-order valence-corrected chi connectivity index (χ2v) is 8.51. The molecule has 0 heterocycles. The van der Waals surface area contributed by atoms with Crippen molar-refractivity contribution in [3.8, 4) is 0 Å². The zero-order valence-corrected chi connectivity index (χ0v) is 13.7. The summed E-state index contributed by atoms with van der Waals surface area (Å²) in [6.07, 6.45) is -5.72.